The molecule has 0 amide bonds. The van der Waals surface area contributed by atoms with Crippen molar-refractivity contribution in [1.82, 2.24) is 0 Å². The SMILES string of the molecule is CC1/C=C\C(c2ccc(N(C)c3ccccc3)c(-c3ccccc3)c2)=C/C(C)Sc2ccccc2-c2ccccc2S1. The minimum Gasteiger partial charge on any atom is -0.344 e. The fourth-order valence-electron chi connectivity index (χ4n) is 5.45. The Hall–Kier alpha value is -3.92. The first-order valence-corrected chi connectivity index (χ1v) is 16.2. The van der Waals surface area contributed by atoms with Crippen molar-refractivity contribution in [2.45, 2.75) is 34.1 Å². The van der Waals surface area contributed by atoms with E-state index in [0.717, 1.165) is 0 Å². The Morgan fingerprint density at radius 2 is 1.12 bits per heavy atom. The third-order valence-corrected chi connectivity index (χ3v) is 9.83. The number of anilines is 2. The highest BCUT2D eigenvalue weighted by Gasteiger charge is 2.17. The van der Waals surface area contributed by atoms with Gasteiger partial charge in [-0.3, -0.25) is 0 Å². The lowest BCUT2D eigenvalue weighted by molar-refractivity contribution is 1.20. The molecule has 0 bridgehead atoms. The van der Waals surface area contributed by atoms with Crippen LogP contribution in [0.25, 0.3) is 27.8 Å². The van der Waals surface area contributed by atoms with Crippen LogP contribution >= 0.6 is 23.5 Å². The number of allylic oxidation sites excluding steroid dienone is 2. The van der Waals surface area contributed by atoms with E-state index in [2.05, 4.69) is 171 Å². The van der Waals surface area contributed by atoms with E-state index in [9.17, 15) is 0 Å². The predicted molar refractivity (Wildman–Crippen MR) is 186 cm³/mol. The predicted octanol–water partition coefficient (Wildman–Crippen LogP) is 11.4. The number of hydrogen-bond donors (Lipinski definition) is 0. The van der Waals surface area contributed by atoms with Crippen LogP contribution in [0.1, 0.15) is 19.4 Å². The van der Waals surface area contributed by atoms with Crippen molar-refractivity contribution in [1.29, 1.82) is 0 Å². The normalized spacial score (nSPS) is 18.8. The zero-order valence-corrected chi connectivity index (χ0v) is 25.9. The molecule has 0 spiro atoms. The first-order valence-electron chi connectivity index (χ1n) is 14.5. The van der Waals surface area contributed by atoms with Gasteiger partial charge in [-0.25, -0.2) is 0 Å². The quantitative estimate of drug-likeness (QED) is 0.208. The Kier molecular flexibility index (Phi) is 8.69. The van der Waals surface area contributed by atoms with Gasteiger partial charge in [0.2, 0.25) is 0 Å². The molecule has 0 N–H and O–H groups in total. The van der Waals surface area contributed by atoms with Gasteiger partial charge in [0.1, 0.15) is 0 Å². The van der Waals surface area contributed by atoms with Crippen LogP contribution in [0.4, 0.5) is 11.4 Å². The molecule has 2 atom stereocenters. The van der Waals surface area contributed by atoms with Gasteiger partial charge in [-0.15, -0.1) is 23.5 Å². The zero-order valence-electron chi connectivity index (χ0n) is 24.3. The molecule has 0 saturated carbocycles. The van der Waals surface area contributed by atoms with Crippen LogP contribution in [-0.2, 0) is 0 Å². The van der Waals surface area contributed by atoms with Crippen molar-refractivity contribution in [3.05, 3.63) is 151 Å². The summed E-state index contributed by atoms with van der Waals surface area (Å²) in [6, 6.07) is 45.9. The Morgan fingerprint density at radius 1 is 0.548 bits per heavy atom. The van der Waals surface area contributed by atoms with Gasteiger partial charge in [0.05, 0.1) is 0 Å². The molecule has 0 aliphatic carbocycles. The number of nitrogens with zero attached hydrogens (tertiary/aromatic N) is 1. The summed E-state index contributed by atoms with van der Waals surface area (Å²) in [4.78, 5) is 4.92. The van der Waals surface area contributed by atoms with E-state index in [1.165, 1.54) is 54.6 Å². The molecule has 0 radical (unpaired) electrons. The molecule has 0 fully saturated rings. The van der Waals surface area contributed by atoms with E-state index in [0.29, 0.717) is 5.25 Å². The van der Waals surface area contributed by atoms with Crippen LogP contribution < -0.4 is 4.90 Å². The first kappa shape index (κ1) is 28.2. The molecular weight excluding hydrogens is 547 g/mol. The maximum absolute atomic E-state index is 2.42. The third-order valence-electron chi connectivity index (χ3n) is 7.57. The lowest BCUT2D eigenvalue weighted by Crippen LogP contribution is -2.10. The van der Waals surface area contributed by atoms with Crippen LogP contribution in [0.5, 0.6) is 0 Å². The van der Waals surface area contributed by atoms with Gasteiger partial charge >= 0.3 is 0 Å². The number of fused-ring (bicyclic) bond motifs is 3. The van der Waals surface area contributed by atoms with Crippen molar-refractivity contribution in [3.63, 3.8) is 0 Å². The molecule has 3 heteroatoms. The van der Waals surface area contributed by atoms with Gasteiger partial charge in [-0.2, -0.15) is 0 Å². The lowest BCUT2D eigenvalue weighted by atomic mass is 9.95. The van der Waals surface area contributed by atoms with Crippen LogP contribution in [0.2, 0.25) is 0 Å². The summed E-state index contributed by atoms with van der Waals surface area (Å²) >= 11 is 3.85. The molecule has 6 rings (SSSR count). The molecule has 0 saturated heterocycles. The maximum atomic E-state index is 2.42. The second-order valence-electron chi connectivity index (χ2n) is 10.6. The number of benzene rings is 5. The van der Waals surface area contributed by atoms with Crippen LogP contribution in [0, 0.1) is 0 Å². The molecule has 0 aromatic heterocycles. The van der Waals surface area contributed by atoms with Crippen LogP contribution in [0.15, 0.2) is 155 Å². The minimum absolute atomic E-state index is 0.284. The number of hydrogen-bond acceptors (Lipinski definition) is 3. The largest absolute Gasteiger partial charge is 0.344 e. The minimum atomic E-state index is 0.284. The van der Waals surface area contributed by atoms with Crippen molar-refractivity contribution in [2.24, 2.45) is 0 Å². The van der Waals surface area contributed by atoms with E-state index in [4.69, 9.17) is 0 Å². The highest BCUT2D eigenvalue weighted by Crippen LogP contribution is 2.42. The van der Waals surface area contributed by atoms with Crippen molar-refractivity contribution >= 4 is 40.5 Å². The number of rotatable bonds is 4. The fourth-order valence-corrected chi connectivity index (χ4v) is 7.54. The molecular formula is C39H35NS2. The van der Waals surface area contributed by atoms with E-state index >= 15 is 0 Å². The van der Waals surface area contributed by atoms with Crippen molar-refractivity contribution in [3.8, 4) is 22.3 Å². The first-order chi connectivity index (χ1) is 20.6. The molecule has 5 aromatic rings. The Bertz CT molecular complexity index is 1720. The van der Waals surface area contributed by atoms with Gasteiger partial charge in [-0.1, -0.05) is 109 Å². The van der Waals surface area contributed by atoms with E-state index in [-0.39, 0.29) is 5.25 Å². The molecule has 1 aliphatic rings. The zero-order chi connectivity index (χ0) is 28.9. The lowest BCUT2D eigenvalue weighted by Gasteiger charge is -2.24. The van der Waals surface area contributed by atoms with Crippen LogP contribution in [0.3, 0.4) is 0 Å². The third kappa shape index (κ3) is 6.28. The van der Waals surface area contributed by atoms with Crippen molar-refractivity contribution < 1.29 is 0 Å². The second kappa shape index (κ2) is 12.9. The van der Waals surface area contributed by atoms with Gasteiger partial charge in [0.25, 0.3) is 0 Å². The summed E-state index contributed by atoms with van der Waals surface area (Å²) in [5.41, 5.74) is 9.89. The Labute approximate surface area is 259 Å². The topological polar surface area (TPSA) is 3.24 Å². The molecule has 2 unspecified atom stereocenters. The molecule has 208 valence electrons. The smallest absolute Gasteiger partial charge is 0.0488 e. The molecule has 1 aliphatic heterocycles. The summed E-state index contributed by atoms with van der Waals surface area (Å²) in [7, 11) is 2.15. The summed E-state index contributed by atoms with van der Waals surface area (Å²) in [5, 5.41) is 0.605. The fraction of sp³-hybridized carbons (Fsp3) is 0.128. The van der Waals surface area contributed by atoms with Gasteiger partial charge in [0.15, 0.2) is 0 Å². The van der Waals surface area contributed by atoms with Gasteiger partial charge < -0.3 is 4.90 Å². The van der Waals surface area contributed by atoms with E-state index < -0.39 is 0 Å². The molecule has 1 nitrogen and oxygen atoms in total. The monoisotopic (exact) mass is 581 g/mol. The number of para-hydroxylation sites is 1. The standard InChI is InChI=1S/C39H35NS2/c1-28-22-23-31(26-29(2)42-39-21-13-11-19-35(39)34-18-10-12-20-38(34)41-28)32-24-25-37(40(3)33-16-8-5-9-17-33)36(27-32)30-14-6-4-7-15-30/h4-29H,1-3H3/b23-22-,31-26+. The van der Waals surface area contributed by atoms with Crippen molar-refractivity contribution in [2.75, 3.05) is 11.9 Å². The highest BCUT2D eigenvalue weighted by molar-refractivity contribution is 8.00. The maximum Gasteiger partial charge on any atom is 0.0488 e. The average molecular weight is 582 g/mol. The molecule has 1 heterocycles. The van der Waals surface area contributed by atoms with Gasteiger partial charge in [-0.05, 0) is 78.1 Å². The number of thioether (sulfide) groups is 2. The summed E-state index contributed by atoms with van der Waals surface area (Å²) in [6.07, 6.45) is 7.10. The summed E-state index contributed by atoms with van der Waals surface area (Å²) in [5.74, 6) is 0. The van der Waals surface area contributed by atoms with E-state index in [1.807, 2.05) is 23.5 Å². The average Bonchev–Trinajstić information content (AvgIpc) is 3.03. The second-order valence-corrected chi connectivity index (χ2v) is 13.5. The highest BCUT2D eigenvalue weighted by atomic mass is 32.2. The summed E-state index contributed by atoms with van der Waals surface area (Å²) in [6.45, 7) is 4.60. The Balaban J connectivity index is 1.45. The van der Waals surface area contributed by atoms with Crippen LogP contribution in [-0.4, -0.2) is 17.5 Å². The Morgan fingerprint density at radius 3 is 1.79 bits per heavy atom. The van der Waals surface area contributed by atoms with Gasteiger partial charge in [0, 0.05) is 44.3 Å². The van der Waals surface area contributed by atoms with E-state index in [1.54, 1.807) is 0 Å². The molecule has 42 heavy (non-hydrogen) atoms. The summed E-state index contributed by atoms with van der Waals surface area (Å²) < 4.78 is 0. The molecule has 5 aromatic carbocycles.